The maximum Gasteiger partial charge on any atom is 0.131 e. The Morgan fingerprint density at radius 1 is 1.18 bits per heavy atom. The van der Waals surface area contributed by atoms with E-state index in [1.54, 1.807) is 0 Å². The minimum Gasteiger partial charge on any atom is -0.293 e. The maximum atomic E-state index is 4.81. The lowest BCUT2D eigenvalue weighted by Crippen LogP contribution is -2.21. The van der Waals surface area contributed by atoms with Crippen LogP contribution in [0.15, 0.2) is 0 Å². The van der Waals surface area contributed by atoms with Gasteiger partial charge in [-0.2, -0.15) is 0 Å². The van der Waals surface area contributed by atoms with E-state index in [0.717, 1.165) is 18.1 Å². The van der Waals surface area contributed by atoms with Crippen molar-refractivity contribution in [1.82, 2.24) is 14.9 Å². The summed E-state index contributed by atoms with van der Waals surface area (Å²) < 4.78 is 0. The van der Waals surface area contributed by atoms with Crippen molar-refractivity contribution in [2.24, 2.45) is 5.92 Å². The van der Waals surface area contributed by atoms with Gasteiger partial charge in [-0.25, -0.2) is 9.97 Å². The molecule has 1 aromatic rings. The Kier molecular flexibility index (Phi) is 3.21. The van der Waals surface area contributed by atoms with Crippen LogP contribution >= 0.6 is 0 Å². The molecule has 1 aromatic heterocycles. The van der Waals surface area contributed by atoms with Crippen molar-refractivity contribution in [3.05, 3.63) is 22.8 Å². The van der Waals surface area contributed by atoms with Crippen molar-refractivity contribution >= 4 is 0 Å². The third kappa shape index (κ3) is 2.08. The fraction of sp³-hybridized carbons (Fsp3) is 0.714. The van der Waals surface area contributed by atoms with Crippen LogP contribution in [0.3, 0.4) is 0 Å². The number of fused-ring (bicyclic) bond motifs is 1. The molecule has 0 bridgehead atoms. The summed E-state index contributed by atoms with van der Waals surface area (Å²) >= 11 is 0. The normalized spacial score (nSPS) is 20.4. The fourth-order valence-electron chi connectivity index (χ4n) is 2.72. The summed E-state index contributed by atoms with van der Waals surface area (Å²) in [7, 11) is 2.18. The summed E-state index contributed by atoms with van der Waals surface area (Å²) in [5, 5.41) is 0. The summed E-state index contributed by atoms with van der Waals surface area (Å²) in [4.78, 5) is 11.8. The summed E-state index contributed by atoms with van der Waals surface area (Å²) in [5.74, 6) is 1.98. The van der Waals surface area contributed by atoms with Crippen LogP contribution in [-0.2, 0) is 6.54 Å². The average Bonchev–Trinajstić information content (AvgIpc) is 2.54. The van der Waals surface area contributed by atoms with Crippen molar-refractivity contribution in [3.63, 3.8) is 0 Å². The number of hydrogen-bond acceptors (Lipinski definition) is 3. The molecule has 1 unspecified atom stereocenters. The Morgan fingerprint density at radius 2 is 1.82 bits per heavy atom. The highest BCUT2D eigenvalue weighted by atomic mass is 15.2. The molecule has 0 amide bonds. The minimum absolute atomic E-state index is 0.401. The van der Waals surface area contributed by atoms with Gasteiger partial charge in [0.1, 0.15) is 5.82 Å². The zero-order chi connectivity index (χ0) is 12.7. The van der Waals surface area contributed by atoms with Crippen LogP contribution in [0.2, 0.25) is 0 Å². The van der Waals surface area contributed by atoms with Crippen molar-refractivity contribution < 1.29 is 0 Å². The van der Waals surface area contributed by atoms with Crippen LogP contribution in [0.1, 0.15) is 62.4 Å². The van der Waals surface area contributed by atoms with E-state index in [4.69, 9.17) is 4.98 Å². The molecule has 17 heavy (non-hydrogen) atoms. The zero-order valence-corrected chi connectivity index (χ0v) is 11.8. The molecule has 0 aliphatic carbocycles. The number of nitrogens with zero attached hydrogens (tertiary/aromatic N) is 3. The standard InChI is InChI=1S/C14H23N3/c1-8(2)13-12-11(7-17(13)6)10(5)15-14(16-12)9(3)4/h8-9,13H,7H2,1-6H3. The number of aryl methyl sites for hydroxylation is 1. The lowest BCUT2D eigenvalue weighted by molar-refractivity contribution is 0.211. The van der Waals surface area contributed by atoms with Crippen LogP contribution in [-0.4, -0.2) is 21.9 Å². The quantitative estimate of drug-likeness (QED) is 0.786. The Morgan fingerprint density at radius 3 is 2.35 bits per heavy atom. The van der Waals surface area contributed by atoms with Crippen LogP contribution in [0.4, 0.5) is 0 Å². The van der Waals surface area contributed by atoms with Gasteiger partial charge in [0.05, 0.1) is 11.7 Å². The van der Waals surface area contributed by atoms with Gasteiger partial charge in [-0.3, -0.25) is 4.90 Å². The molecule has 0 spiro atoms. The highest BCUT2D eigenvalue weighted by Crippen LogP contribution is 2.37. The molecule has 0 fully saturated rings. The predicted molar refractivity (Wildman–Crippen MR) is 69.9 cm³/mol. The van der Waals surface area contributed by atoms with E-state index in [0.29, 0.717) is 17.9 Å². The predicted octanol–water partition coefficient (Wildman–Crippen LogP) is 3.05. The van der Waals surface area contributed by atoms with Crippen molar-refractivity contribution in [3.8, 4) is 0 Å². The summed E-state index contributed by atoms with van der Waals surface area (Å²) in [6, 6.07) is 0.448. The van der Waals surface area contributed by atoms with Gasteiger partial charge in [-0.1, -0.05) is 27.7 Å². The van der Waals surface area contributed by atoms with Crippen molar-refractivity contribution in [2.45, 2.75) is 53.1 Å². The van der Waals surface area contributed by atoms with E-state index in [9.17, 15) is 0 Å². The minimum atomic E-state index is 0.401. The molecule has 0 N–H and O–H groups in total. The van der Waals surface area contributed by atoms with E-state index in [1.165, 1.54) is 11.3 Å². The van der Waals surface area contributed by atoms with Gasteiger partial charge in [0.2, 0.25) is 0 Å². The molecule has 2 rings (SSSR count). The van der Waals surface area contributed by atoms with Gasteiger partial charge in [-0.15, -0.1) is 0 Å². The average molecular weight is 233 g/mol. The second kappa shape index (κ2) is 4.37. The van der Waals surface area contributed by atoms with Crippen LogP contribution in [0, 0.1) is 12.8 Å². The van der Waals surface area contributed by atoms with E-state index < -0.39 is 0 Å². The fourth-order valence-corrected chi connectivity index (χ4v) is 2.72. The molecule has 0 radical (unpaired) electrons. The first-order valence-corrected chi connectivity index (χ1v) is 6.49. The van der Waals surface area contributed by atoms with Gasteiger partial charge in [-0.05, 0) is 19.9 Å². The Bertz CT molecular complexity index is 424. The first kappa shape index (κ1) is 12.5. The third-order valence-electron chi connectivity index (χ3n) is 3.57. The highest BCUT2D eigenvalue weighted by molar-refractivity contribution is 5.32. The summed E-state index contributed by atoms with van der Waals surface area (Å²) in [5.41, 5.74) is 3.77. The second-order valence-electron chi connectivity index (χ2n) is 5.79. The number of aromatic nitrogens is 2. The molecule has 1 aliphatic heterocycles. The Hall–Kier alpha value is -0.960. The van der Waals surface area contributed by atoms with Gasteiger partial charge < -0.3 is 0 Å². The maximum absolute atomic E-state index is 4.81. The first-order valence-electron chi connectivity index (χ1n) is 6.49. The smallest absolute Gasteiger partial charge is 0.131 e. The molecule has 0 saturated carbocycles. The van der Waals surface area contributed by atoms with Gasteiger partial charge in [0.25, 0.3) is 0 Å². The van der Waals surface area contributed by atoms with E-state index in [-0.39, 0.29) is 0 Å². The van der Waals surface area contributed by atoms with E-state index in [2.05, 4.69) is 51.6 Å². The number of rotatable bonds is 2. The largest absolute Gasteiger partial charge is 0.293 e. The van der Waals surface area contributed by atoms with E-state index >= 15 is 0 Å². The SMILES string of the molecule is Cc1nc(C(C)C)nc2c1CN(C)C2C(C)C. The first-order chi connectivity index (χ1) is 7.91. The molecule has 2 heterocycles. The molecule has 94 valence electrons. The molecule has 3 heteroatoms. The lowest BCUT2D eigenvalue weighted by Gasteiger charge is -2.23. The van der Waals surface area contributed by atoms with Crippen molar-refractivity contribution in [1.29, 1.82) is 0 Å². The third-order valence-corrected chi connectivity index (χ3v) is 3.57. The zero-order valence-electron chi connectivity index (χ0n) is 11.8. The summed E-state index contributed by atoms with van der Waals surface area (Å²) in [6.45, 7) is 11.9. The Labute approximate surface area is 104 Å². The number of hydrogen-bond donors (Lipinski definition) is 0. The van der Waals surface area contributed by atoms with E-state index in [1.807, 2.05) is 0 Å². The molecule has 3 nitrogen and oxygen atoms in total. The molecular formula is C14H23N3. The lowest BCUT2D eigenvalue weighted by atomic mass is 9.99. The van der Waals surface area contributed by atoms with Crippen LogP contribution in [0.25, 0.3) is 0 Å². The van der Waals surface area contributed by atoms with Gasteiger partial charge >= 0.3 is 0 Å². The summed E-state index contributed by atoms with van der Waals surface area (Å²) in [6.07, 6.45) is 0. The second-order valence-corrected chi connectivity index (χ2v) is 5.79. The van der Waals surface area contributed by atoms with Gasteiger partial charge in [0, 0.05) is 23.7 Å². The molecule has 1 aliphatic rings. The van der Waals surface area contributed by atoms with Crippen LogP contribution in [0.5, 0.6) is 0 Å². The topological polar surface area (TPSA) is 29.0 Å². The monoisotopic (exact) mass is 233 g/mol. The highest BCUT2D eigenvalue weighted by Gasteiger charge is 2.33. The van der Waals surface area contributed by atoms with Crippen LogP contribution < -0.4 is 0 Å². The molecule has 0 saturated heterocycles. The molecule has 1 atom stereocenters. The molecule has 0 aromatic carbocycles. The van der Waals surface area contributed by atoms with Gasteiger partial charge in [0.15, 0.2) is 0 Å². The molecular weight excluding hydrogens is 210 g/mol. The van der Waals surface area contributed by atoms with Crippen molar-refractivity contribution in [2.75, 3.05) is 7.05 Å². The Balaban J connectivity index is 2.52.